The zero-order valence-electron chi connectivity index (χ0n) is 15.8. The van der Waals surface area contributed by atoms with Crippen LogP contribution in [0.25, 0.3) is 32.6 Å². The van der Waals surface area contributed by atoms with E-state index in [2.05, 4.69) is 5.43 Å². The number of anilines is 1. The molecule has 0 bridgehead atoms. The van der Waals surface area contributed by atoms with E-state index in [-0.39, 0.29) is 5.75 Å². The third-order valence-electron chi connectivity index (χ3n) is 5.25. The van der Waals surface area contributed by atoms with Gasteiger partial charge in [-0.05, 0) is 48.2 Å². The largest absolute Gasteiger partial charge is 0.508 e. The number of nitrogens with zero attached hydrogens (tertiary/aromatic N) is 2. The number of para-hydroxylation sites is 1. The first-order valence-corrected chi connectivity index (χ1v) is 9.37. The van der Waals surface area contributed by atoms with Gasteiger partial charge in [-0.2, -0.15) is 9.83 Å². The molecule has 0 aliphatic rings. The molecule has 5 rings (SSSR count). The van der Waals surface area contributed by atoms with E-state index in [0.29, 0.717) is 11.0 Å². The zero-order valence-corrected chi connectivity index (χ0v) is 15.8. The number of benzene rings is 4. The summed E-state index contributed by atoms with van der Waals surface area (Å²) in [4.78, 5) is 0. The number of pyridine rings is 1. The molecule has 5 aromatic rings. The molecule has 0 aliphatic carbocycles. The van der Waals surface area contributed by atoms with E-state index in [1.807, 2.05) is 73.7 Å². The number of aromatic nitrogens is 1. The Morgan fingerprint density at radius 1 is 0.828 bits per heavy atom. The van der Waals surface area contributed by atoms with Crippen molar-refractivity contribution in [2.45, 2.75) is 6.92 Å². The maximum atomic E-state index is 11.0. The topological polar surface area (TPSA) is 69.8 Å². The smallest absolute Gasteiger partial charge is 0.118 e. The summed E-state index contributed by atoms with van der Waals surface area (Å²) < 4.78 is 1.25. The number of fused-ring (bicyclic) bond motifs is 4. The minimum absolute atomic E-state index is 0.249. The number of hydrogen-bond acceptors (Lipinski definition) is 4. The molecule has 1 heterocycles. The molecule has 29 heavy (non-hydrogen) atoms. The summed E-state index contributed by atoms with van der Waals surface area (Å²) in [5.41, 5.74) is 6.04. The van der Waals surface area contributed by atoms with Gasteiger partial charge in [0.15, 0.2) is 0 Å². The van der Waals surface area contributed by atoms with Crippen molar-refractivity contribution >= 4 is 38.3 Å². The molecule has 0 radical (unpaired) electrons. The van der Waals surface area contributed by atoms with Crippen LogP contribution in [-0.4, -0.2) is 15.0 Å². The van der Waals surface area contributed by atoms with Crippen LogP contribution in [0.3, 0.4) is 0 Å². The normalized spacial score (nSPS) is 12.1. The van der Waals surface area contributed by atoms with E-state index in [4.69, 9.17) is 5.10 Å². The molecule has 0 unspecified atom stereocenters. The monoisotopic (exact) mass is 381 g/mol. The Balaban J connectivity index is 1.86. The minimum Gasteiger partial charge on any atom is -0.508 e. The van der Waals surface area contributed by atoms with E-state index < -0.39 is 0 Å². The molecule has 142 valence electrons. The highest BCUT2D eigenvalue weighted by Crippen LogP contribution is 2.26. The van der Waals surface area contributed by atoms with Crippen molar-refractivity contribution in [3.05, 3.63) is 89.8 Å². The molecule has 0 atom stereocenters. The summed E-state index contributed by atoms with van der Waals surface area (Å²) in [6.07, 6.45) is 0. The Morgan fingerprint density at radius 2 is 1.59 bits per heavy atom. The average Bonchev–Trinajstić information content (AvgIpc) is 2.75. The van der Waals surface area contributed by atoms with Crippen molar-refractivity contribution in [1.82, 2.24) is 4.73 Å². The highest BCUT2D eigenvalue weighted by Gasteiger charge is 2.12. The van der Waals surface area contributed by atoms with Crippen LogP contribution in [0.2, 0.25) is 0 Å². The number of hydrogen-bond donors (Lipinski definition) is 3. The third kappa shape index (κ3) is 2.75. The highest BCUT2D eigenvalue weighted by atomic mass is 16.5. The lowest BCUT2D eigenvalue weighted by atomic mass is 10.0. The summed E-state index contributed by atoms with van der Waals surface area (Å²) in [7, 11) is 0. The van der Waals surface area contributed by atoms with Gasteiger partial charge in [-0.15, -0.1) is 0 Å². The van der Waals surface area contributed by atoms with Crippen molar-refractivity contribution in [2.24, 2.45) is 5.10 Å². The van der Waals surface area contributed by atoms with Crippen molar-refractivity contribution in [3.63, 3.8) is 0 Å². The Labute approximate surface area is 166 Å². The van der Waals surface area contributed by atoms with Gasteiger partial charge < -0.3 is 10.3 Å². The van der Waals surface area contributed by atoms with Crippen molar-refractivity contribution in [2.75, 3.05) is 5.43 Å². The Hall–Kier alpha value is -3.99. The molecular weight excluding hydrogens is 362 g/mol. The van der Waals surface area contributed by atoms with Crippen molar-refractivity contribution < 1.29 is 10.3 Å². The van der Waals surface area contributed by atoms with Crippen LogP contribution >= 0.6 is 0 Å². The highest BCUT2D eigenvalue weighted by molar-refractivity contribution is 6.08. The molecule has 5 nitrogen and oxygen atoms in total. The summed E-state index contributed by atoms with van der Waals surface area (Å²) >= 11 is 0. The number of aryl methyl sites for hydroxylation is 1. The van der Waals surface area contributed by atoms with Gasteiger partial charge in [0.1, 0.15) is 11.1 Å². The molecule has 0 saturated carbocycles. The molecular formula is C24H19N3O2. The fourth-order valence-electron chi connectivity index (χ4n) is 3.76. The molecule has 0 fully saturated rings. The standard InChI is InChI=1S/C24H19N3O2/c1-15-14-17(11-13-22(15)28)25-26-23-19-8-4-5-9-21(19)27(29)24-18-7-3-2-6-16(18)10-12-20(23)24/h2-14,25,28-29H,1H3/b26-23-. The first-order chi connectivity index (χ1) is 14.1. The third-order valence-corrected chi connectivity index (χ3v) is 5.25. The van der Waals surface area contributed by atoms with Gasteiger partial charge in [-0.1, -0.05) is 48.5 Å². The minimum atomic E-state index is 0.249. The van der Waals surface area contributed by atoms with E-state index in [9.17, 15) is 10.3 Å². The van der Waals surface area contributed by atoms with Gasteiger partial charge in [-0.3, -0.25) is 5.43 Å². The van der Waals surface area contributed by atoms with E-state index in [1.54, 1.807) is 12.1 Å². The quantitative estimate of drug-likeness (QED) is 0.131. The van der Waals surface area contributed by atoms with Gasteiger partial charge in [0.25, 0.3) is 0 Å². The van der Waals surface area contributed by atoms with Gasteiger partial charge in [0.2, 0.25) is 0 Å². The number of rotatable bonds is 2. The lowest BCUT2D eigenvalue weighted by molar-refractivity contribution is 0.212. The Bertz CT molecular complexity index is 1470. The lowest BCUT2D eigenvalue weighted by Gasteiger charge is -2.13. The van der Waals surface area contributed by atoms with Gasteiger partial charge >= 0.3 is 0 Å². The summed E-state index contributed by atoms with van der Waals surface area (Å²) in [6.45, 7) is 1.84. The predicted molar refractivity (Wildman–Crippen MR) is 116 cm³/mol. The number of phenols is 1. The van der Waals surface area contributed by atoms with Gasteiger partial charge in [0, 0.05) is 16.2 Å². The molecule has 0 aliphatic heterocycles. The molecule has 0 amide bonds. The van der Waals surface area contributed by atoms with Crippen LogP contribution in [0, 0.1) is 6.92 Å². The lowest BCUT2D eigenvalue weighted by Crippen LogP contribution is -2.13. The van der Waals surface area contributed by atoms with Gasteiger partial charge in [-0.25, -0.2) is 0 Å². The fraction of sp³-hybridized carbons (Fsp3) is 0.0417. The first kappa shape index (κ1) is 17.1. The summed E-state index contributed by atoms with van der Waals surface area (Å²) in [5, 5.41) is 29.9. The van der Waals surface area contributed by atoms with Crippen LogP contribution in [0.4, 0.5) is 5.69 Å². The molecule has 1 aromatic heterocycles. The van der Waals surface area contributed by atoms with Crippen molar-refractivity contribution in [1.29, 1.82) is 0 Å². The van der Waals surface area contributed by atoms with Crippen LogP contribution in [0.15, 0.2) is 84.0 Å². The molecule has 4 aromatic carbocycles. The number of aromatic hydroxyl groups is 1. The zero-order chi connectivity index (χ0) is 20.0. The average molecular weight is 381 g/mol. The second-order valence-electron chi connectivity index (χ2n) is 7.09. The molecule has 0 saturated heterocycles. The van der Waals surface area contributed by atoms with Crippen molar-refractivity contribution in [3.8, 4) is 5.75 Å². The fourth-order valence-corrected chi connectivity index (χ4v) is 3.76. The van der Waals surface area contributed by atoms with E-state index >= 15 is 0 Å². The van der Waals surface area contributed by atoms with Crippen LogP contribution in [0.1, 0.15) is 5.56 Å². The van der Waals surface area contributed by atoms with E-state index in [1.165, 1.54) is 4.73 Å². The maximum Gasteiger partial charge on any atom is 0.118 e. The Kier molecular flexibility index (Phi) is 3.88. The first-order valence-electron chi connectivity index (χ1n) is 9.37. The van der Waals surface area contributed by atoms with Crippen LogP contribution in [0.5, 0.6) is 5.75 Å². The van der Waals surface area contributed by atoms with Crippen LogP contribution in [-0.2, 0) is 0 Å². The number of nitrogens with one attached hydrogen (secondary N) is 1. The second-order valence-corrected chi connectivity index (χ2v) is 7.09. The maximum absolute atomic E-state index is 11.0. The Morgan fingerprint density at radius 3 is 2.41 bits per heavy atom. The van der Waals surface area contributed by atoms with Gasteiger partial charge in [0.05, 0.1) is 16.7 Å². The number of phenolic OH excluding ortho intramolecular Hbond substituents is 1. The van der Waals surface area contributed by atoms with E-state index in [0.717, 1.165) is 38.2 Å². The predicted octanol–water partition coefficient (Wildman–Crippen LogP) is 5.13. The van der Waals surface area contributed by atoms with Crippen LogP contribution < -0.4 is 10.8 Å². The SMILES string of the molecule is Cc1cc(N/N=c2/c3ccccc3n(O)c3c2ccc2ccccc23)ccc1O. The summed E-state index contributed by atoms with van der Waals surface area (Å²) in [5.74, 6) is 0.249. The molecule has 3 N–H and O–H groups in total. The second kappa shape index (κ2) is 6.56. The summed E-state index contributed by atoms with van der Waals surface area (Å²) in [6, 6.07) is 24.9. The molecule has 0 spiro atoms. The molecule has 5 heteroatoms.